The first kappa shape index (κ1) is 29.8. The first-order valence-electron chi connectivity index (χ1n) is 14.4. The van der Waals surface area contributed by atoms with Gasteiger partial charge >= 0.3 is 0 Å². The highest BCUT2D eigenvalue weighted by molar-refractivity contribution is 5.64. The standard InChI is InChI=1S/C36H38O6/c1-36(27-37)35(41-25-31-20-12-5-13-21-31)34(40-24-30-18-10-4-11-19-30)33(39-23-29-16-8-3-9-17-29)32(42-36)26-38-22-28-14-6-2-7-15-28/h2-21,27,32-35H,22-26H2,1H3/t32-,33-,34?,35?,36+/m1/s1. The van der Waals surface area contributed by atoms with E-state index in [-0.39, 0.29) is 6.61 Å². The molecule has 0 bridgehead atoms. The molecule has 1 heterocycles. The van der Waals surface area contributed by atoms with Crippen LogP contribution in [0.2, 0.25) is 0 Å². The first-order valence-corrected chi connectivity index (χ1v) is 14.4. The van der Waals surface area contributed by atoms with Gasteiger partial charge in [-0.3, -0.25) is 0 Å². The molecule has 218 valence electrons. The van der Waals surface area contributed by atoms with Gasteiger partial charge in [0.2, 0.25) is 0 Å². The van der Waals surface area contributed by atoms with Crippen molar-refractivity contribution in [2.24, 2.45) is 0 Å². The predicted molar refractivity (Wildman–Crippen MR) is 160 cm³/mol. The van der Waals surface area contributed by atoms with Crippen LogP contribution in [0.15, 0.2) is 121 Å². The van der Waals surface area contributed by atoms with E-state index in [2.05, 4.69) is 0 Å². The molecule has 5 atom stereocenters. The summed E-state index contributed by atoms with van der Waals surface area (Å²) in [4.78, 5) is 12.7. The van der Waals surface area contributed by atoms with Crippen LogP contribution < -0.4 is 0 Å². The second kappa shape index (κ2) is 15.0. The Bertz CT molecular complexity index is 1330. The molecule has 4 aromatic rings. The van der Waals surface area contributed by atoms with E-state index >= 15 is 0 Å². The Kier molecular flexibility index (Phi) is 10.7. The van der Waals surface area contributed by atoms with Gasteiger partial charge in [0.15, 0.2) is 6.29 Å². The molecule has 0 spiro atoms. The van der Waals surface area contributed by atoms with E-state index in [1.165, 1.54) is 0 Å². The van der Waals surface area contributed by atoms with Gasteiger partial charge in [0, 0.05) is 0 Å². The summed E-state index contributed by atoms with van der Waals surface area (Å²) in [6.45, 7) is 3.35. The van der Waals surface area contributed by atoms with Crippen LogP contribution in [0.4, 0.5) is 0 Å². The Morgan fingerprint density at radius 2 is 1.00 bits per heavy atom. The maximum absolute atomic E-state index is 12.7. The summed E-state index contributed by atoms with van der Waals surface area (Å²) in [7, 11) is 0. The summed E-state index contributed by atoms with van der Waals surface area (Å²) in [5.41, 5.74) is 2.78. The highest BCUT2D eigenvalue weighted by Gasteiger charge is 2.54. The van der Waals surface area contributed by atoms with E-state index < -0.39 is 30.0 Å². The van der Waals surface area contributed by atoms with Crippen molar-refractivity contribution in [1.29, 1.82) is 0 Å². The van der Waals surface area contributed by atoms with Crippen molar-refractivity contribution in [2.45, 2.75) is 63.4 Å². The van der Waals surface area contributed by atoms with Gasteiger partial charge in [-0.25, -0.2) is 0 Å². The maximum atomic E-state index is 12.7. The number of hydrogen-bond donors (Lipinski definition) is 0. The third-order valence-electron chi connectivity index (χ3n) is 7.43. The Morgan fingerprint density at radius 3 is 1.45 bits per heavy atom. The monoisotopic (exact) mass is 566 g/mol. The molecule has 0 radical (unpaired) electrons. The molecular formula is C36H38O6. The molecule has 4 aromatic carbocycles. The molecule has 1 aliphatic heterocycles. The fourth-order valence-corrected chi connectivity index (χ4v) is 5.20. The van der Waals surface area contributed by atoms with Crippen LogP contribution in [0.3, 0.4) is 0 Å². The third kappa shape index (κ3) is 8.00. The molecule has 0 aliphatic carbocycles. The number of hydrogen-bond acceptors (Lipinski definition) is 6. The molecule has 1 aliphatic rings. The lowest BCUT2D eigenvalue weighted by molar-refractivity contribution is -0.291. The van der Waals surface area contributed by atoms with Crippen LogP contribution >= 0.6 is 0 Å². The zero-order valence-electron chi connectivity index (χ0n) is 23.9. The highest BCUT2D eigenvalue weighted by atomic mass is 16.6. The molecule has 5 rings (SSSR count). The second-order valence-corrected chi connectivity index (χ2v) is 10.7. The highest BCUT2D eigenvalue weighted by Crippen LogP contribution is 2.36. The molecule has 0 amide bonds. The Balaban J connectivity index is 1.42. The van der Waals surface area contributed by atoms with E-state index in [9.17, 15) is 4.79 Å². The summed E-state index contributed by atoms with van der Waals surface area (Å²) >= 11 is 0. The van der Waals surface area contributed by atoms with Crippen molar-refractivity contribution in [3.8, 4) is 0 Å². The smallest absolute Gasteiger partial charge is 0.154 e. The maximum Gasteiger partial charge on any atom is 0.154 e. The lowest BCUT2D eigenvalue weighted by Gasteiger charge is -2.49. The minimum atomic E-state index is -1.29. The number of carbonyl (C=O) groups is 1. The Morgan fingerprint density at radius 1 is 0.595 bits per heavy atom. The van der Waals surface area contributed by atoms with E-state index in [0.717, 1.165) is 28.5 Å². The normalized spacial score (nSPS) is 23.8. The summed E-state index contributed by atoms with van der Waals surface area (Å²) in [5, 5.41) is 0. The fraction of sp³-hybridized carbons (Fsp3) is 0.306. The molecule has 0 N–H and O–H groups in total. The SMILES string of the molecule is C[C@@]1(C=O)O[C@H](COCc2ccccc2)[C@@H](OCc2ccccc2)C(OCc2ccccc2)C1OCc1ccccc1. The molecule has 0 saturated carbocycles. The van der Waals surface area contributed by atoms with Gasteiger partial charge in [-0.2, -0.15) is 0 Å². The largest absolute Gasteiger partial charge is 0.374 e. The molecular weight excluding hydrogens is 528 g/mol. The summed E-state index contributed by atoms with van der Waals surface area (Å²) in [6.07, 6.45) is -1.68. The molecule has 0 aromatic heterocycles. The average molecular weight is 567 g/mol. The fourth-order valence-electron chi connectivity index (χ4n) is 5.20. The summed E-state index contributed by atoms with van der Waals surface area (Å²) in [6, 6.07) is 39.7. The lowest BCUT2D eigenvalue weighted by atomic mass is 9.86. The van der Waals surface area contributed by atoms with Gasteiger partial charge in [-0.1, -0.05) is 121 Å². The van der Waals surface area contributed by atoms with Gasteiger partial charge in [0.1, 0.15) is 30.0 Å². The van der Waals surface area contributed by atoms with E-state index in [1.807, 2.05) is 121 Å². The number of benzene rings is 4. The summed E-state index contributed by atoms with van der Waals surface area (Å²) in [5.74, 6) is 0. The van der Waals surface area contributed by atoms with E-state index in [1.54, 1.807) is 6.92 Å². The van der Waals surface area contributed by atoms with Gasteiger partial charge in [0.05, 0.1) is 33.0 Å². The number of ether oxygens (including phenoxy) is 5. The van der Waals surface area contributed by atoms with Crippen molar-refractivity contribution in [3.05, 3.63) is 144 Å². The number of aldehydes is 1. The van der Waals surface area contributed by atoms with Crippen LogP contribution in [0.5, 0.6) is 0 Å². The molecule has 42 heavy (non-hydrogen) atoms. The van der Waals surface area contributed by atoms with Crippen LogP contribution in [-0.2, 0) is 54.9 Å². The number of rotatable bonds is 14. The van der Waals surface area contributed by atoms with Crippen LogP contribution in [0.1, 0.15) is 29.2 Å². The molecule has 2 unspecified atom stereocenters. The van der Waals surface area contributed by atoms with Crippen LogP contribution in [0.25, 0.3) is 0 Å². The van der Waals surface area contributed by atoms with Gasteiger partial charge in [-0.15, -0.1) is 0 Å². The number of carbonyl (C=O) groups excluding carboxylic acids is 1. The zero-order valence-corrected chi connectivity index (χ0v) is 23.9. The van der Waals surface area contributed by atoms with Gasteiger partial charge < -0.3 is 28.5 Å². The first-order chi connectivity index (χ1) is 20.6. The minimum Gasteiger partial charge on any atom is -0.374 e. The average Bonchev–Trinajstić information content (AvgIpc) is 3.05. The van der Waals surface area contributed by atoms with Crippen LogP contribution in [0, 0.1) is 0 Å². The molecule has 6 nitrogen and oxygen atoms in total. The molecule has 1 saturated heterocycles. The van der Waals surface area contributed by atoms with E-state index in [4.69, 9.17) is 23.7 Å². The lowest BCUT2D eigenvalue weighted by Crippen LogP contribution is -2.66. The second-order valence-electron chi connectivity index (χ2n) is 10.7. The van der Waals surface area contributed by atoms with E-state index in [0.29, 0.717) is 26.4 Å². The van der Waals surface area contributed by atoms with Crippen LogP contribution in [-0.4, -0.2) is 42.9 Å². The van der Waals surface area contributed by atoms with Crippen molar-refractivity contribution in [1.82, 2.24) is 0 Å². The van der Waals surface area contributed by atoms with Crippen molar-refractivity contribution < 1.29 is 28.5 Å². The summed E-state index contributed by atoms with van der Waals surface area (Å²) < 4.78 is 32.3. The Hall–Kier alpha value is -3.65. The quantitative estimate of drug-likeness (QED) is 0.167. The zero-order chi connectivity index (χ0) is 29.0. The van der Waals surface area contributed by atoms with Gasteiger partial charge in [-0.05, 0) is 29.2 Å². The predicted octanol–water partition coefficient (Wildman–Crippen LogP) is 6.32. The van der Waals surface area contributed by atoms with Crippen molar-refractivity contribution in [2.75, 3.05) is 6.61 Å². The van der Waals surface area contributed by atoms with Crippen molar-refractivity contribution >= 4 is 6.29 Å². The third-order valence-corrected chi connectivity index (χ3v) is 7.43. The van der Waals surface area contributed by atoms with Crippen molar-refractivity contribution in [3.63, 3.8) is 0 Å². The molecule has 1 fully saturated rings. The minimum absolute atomic E-state index is 0.217. The Labute approximate surface area is 248 Å². The van der Waals surface area contributed by atoms with Gasteiger partial charge in [0.25, 0.3) is 0 Å². The molecule has 6 heteroatoms. The topological polar surface area (TPSA) is 63.2 Å².